The van der Waals surface area contributed by atoms with Crippen molar-refractivity contribution in [1.29, 1.82) is 0 Å². The number of methoxy groups -OCH3 is 1. The van der Waals surface area contributed by atoms with Gasteiger partial charge < -0.3 is 24.5 Å². The van der Waals surface area contributed by atoms with Crippen molar-refractivity contribution in [3.63, 3.8) is 0 Å². The summed E-state index contributed by atoms with van der Waals surface area (Å²) in [6, 6.07) is 5.28. The highest BCUT2D eigenvalue weighted by molar-refractivity contribution is 6.30. The van der Waals surface area contributed by atoms with Gasteiger partial charge in [-0.1, -0.05) is 43.7 Å². The van der Waals surface area contributed by atoms with Gasteiger partial charge in [0, 0.05) is 12.3 Å². The van der Waals surface area contributed by atoms with Crippen molar-refractivity contribution in [2.24, 2.45) is 5.92 Å². The Kier molecular flexibility index (Phi) is 8.27. The summed E-state index contributed by atoms with van der Waals surface area (Å²) in [7, 11) is 1.25. The van der Waals surface area contributed by atoms with Gasteiger partial charge >= 0.3 is 5.97 Å². The van der Waals surface area contributed by atoms with E-state index >= 15 is 0 Å². The van der Waals surface area contributed by atoms with E-state index < -0.39 is 35.3 Å². The number of hydrogen-bond acceptors (Lipinski definition) is 6. The fourth-order valence-corrected chi connectivity index (χ4v) is 4.62. The van der Waals surface area contributed by atoms with Crippen molar-refractivity contribution in [2.75, 3.05) is 12.4 Å². The van der Waals surface area contributed by atoms with Gasteiger partial charge in [0.05, 0.1) is 23.9 Å². The Morgan fingerprint density at radius 1 is 1.22 bits per heavy atom. The molecule has 196 valence electrons. The number of ether oxygens (including phenoxy) is 2. The van der Waals surface area contributed by atoms with Crippen LogP contribution in [0, 0.1) is 17.6 Å². The first kappa shape index (κ1) is 26.4. The largest absolute Gasteiger partial charge is 0.494 e. The second kappa shape index (κ2) is 11.6. The summed E-state index contributed by atoms with van der Waals surface area (Å²) in [6.07, 6.45) is 8.14. The molecule has 11 heteroatoms. The van der Waals surface area contributed by atoms with Gasteiger partial charge in [0.25, 0.3) is 0 Å². The molecule has 2 aromatic heterocycles. The van der Waals surface area contributed by atoms with Crippen LogP contribution in [0.5, 0.6) is 17.4 Å². The van der Waals surface area contributed by atoms with Crippen LogP contribution in [-0.2, 0) is 9.53 Å². The molecule has 1 aromatic carbocycles. The number of benzene rings is 1. The lowest BCUT2D eigenvalue weighted by Crippen LogP contribution is -2.28. The second-order valence-electron chi connectivity index (χ2n) is 8.88. The molecule has 8 nitrogen and oxygen atoms in total. The number of aromatic nitrogens is 2. The smallest absolute Gasteiger partial charge is 0.339 e. The predicted octanol–water partition coefficient (Wildman–Crippen LogP) is 6.25. The predicted molar refractivity (Wildman–Crippen MR) is 132 cm³/mol. The fraction of sp³-hybridized carbons (Fsp3) is 0.346. The number of amides is 1. The molecule has 3 aromatic rings. The highest BCUT2D eigenvalue weighted by Crippen LogP contribution is 2.38. The number of nitrogens with zero attached hydrogens (tertiary/aromatic N) is 2. The van der Waals surface area contributed by atoms with Crippen molar-refractivity contribution in [3.8, 4) is 17.4 Å². The van der Waals surface area contributed by atoms with Gasteiger partial charge in [-0.05, 0) is 36.6 Å². The van der Waals surface area contributed by atoms with E-state index in [1.807, 2.05) is 0 Å². The molecule has 1 atom stereocenters. The summed E-state index contributed by atoms with van der Waals surface area (Å²) in [5.74, 6) is -3.71. The lowest BCUT2D eigenvalue weighted by molar-refractivity contribution is -0.120. The van der Waals surface area contributed by atoms with Gasteiger partial charge in [-0.15, -0.1) is 0 Å². The summed E-state index contributed by atoms with van der Waals surface area (Å²) >= 11 is 5.74. The van der Waals surface area contributed by atoms with Crippen LogP contribution >= 0.6 is 11.6 Å². The second-order valence-corrected chi connectivity index (χ2v) is 9.29. The van der Waals surface area contributed by atoms with Crippen LogP contribution in [-0.4, -0.2) is 33.6 Å². The first-order valence-corrected chi connectivity index (χ1v) is 12.2. The SMILES string of the molecule is COC(=O)c1ccc(NC(=O)[C@H](CC2CCCCC2)n2cc(Oc3c(F)ccc(Cl)c3F)cc2O)nc1. The third-order valence-corrected chi connectivity index (χ3v) is 6.67. The van der Waals surface area contributed by atoms with E-state index in [4.69, 9.17) is 16.3 Å². The normalized spacial score (nSPS) is 14.7. The molecule has 0 saturated heterocycles. The minimum atomic E-state index is -1.08. The van der Waals surface area contributed by atoms with Crippen molar-refractivity contribution in [3.05, 3.63) is 64.9 Å². The topological polar surface area (TPSA) is 103 Å². The van der Waals surface area contributed by atoms with E-state index in [1.165, 1.54) is 42.3 Å². The molecule has 0 bridgehead atoms. The zero-order valence-corrected chi connectivity index (χ0v) is 20.8. The van der Waals surface area contributed by atoms with Crippen LogP contribution in [0.3, 0.4) is 0 Å². The lowest BCUT2D eigenvalue weighted by Gasteiger charge is -2.27. The van der Waals surface area contributed by atoms with Crippen LogP contribution in [0.4, 0.5) is 14.6 Å². The molecule has 1 amide bonds. The Bertz CT molecular complexity index is 1280. The number of anilines is 1. The average molecular weight is 534 g/mol. The maximum Gasteiger partial charge on any atom is 0.339 e. The highest BCUT2D eigenvalue weighted by atomic mass is 35.5. The van der Waals surface area contributed by atoms with Gasteiger partial charge in [0.1, 0.15) is 17.6 Å². The molecule has 37 heavy (non-hydrogen) atoms. The summed E-state index contributed by atoms with van der Waals surface area (Å²) in [5.41, 5.74) is 0.226. The molecule has 0 radical (unpaired) electrons. The first-order chi connectivity index (χ1) is 17.8. The number of pyridine rings is 1. The maximum atomic E-state index is 14.3. The number of halogens is 3. The number of nitrogens with one attached hydrogen (secondary N) is 1. The van der Waals surface area contributed by atoms with E-state index in [-0.39, 0.29) is 34.0 Å². The molecule has 0 aliphatic heterocycles. The monoisotopic (exact) mass is 533 g/mol. The number of hydrogen-bond donors (Lipinski definition) is 2. The van der Waals surface area contributed by atoms with E-state index in [9.17, 15) is 23.5 Å². The Morgan fingerprint density at radius 2 is 1.97 bits per heavy atom. The average Bonchev–Trinajstić information content (AvgIpc) is 3.27. The molecule has 2 N–H and O–H groups in total. The summed E-state index contributed by atoms with van der Waals surface area (Å²) in [4.78, 5) is 29.1. The number of aromatic hydroxyl groups is 1. The minimum Gasteiger partial charge on any atom is -0.494 e. The zero-order valence-electron chi connectivity index (χ0n) is 20.0. The van der Waals surface area contributed by atoms with Crippen LogP contribution in [0.25, 0.3) is 0 Å². The van der Waals surface area contributed by atoms with Gasteiger partial charge in [0.2, 0.25) is 5.91 Å². The summed E-state index contributed by atoms with van der Waals surface area (Å²) in [6.45, 7) is 0. The molecule has 1 aliphatic rings. The fourth-order valence-electron chi connectivity index (χ4n) is 4.47. The third kappa shape index (κ3) is 6.19. The van der Waals surface area contributed by atoms with Gasteiger partial charge in [-0.3, -0.25) is 4.79 Å². The number of carbonyl (C=O) groups is 2. The van der Waals surface area contributed by atoms with Crippen molar-refractivity contribution < 1.29 is 33.0 Å². The summed E-state index contributed by atoms with van der Waals surface area (Å²) < 4.78 is 39.8. The van der Waals surface area contributed by atoms with Gasteiger partial charge in [-0.25, -0.2) is 18.6 Å². The van der Waals surface area contributed by atoms with E-state index in [0.29, 0.717) is 6.42 Å². The van der Waals surface area contributed by atoms with E-state index in [1.54, 1.807) is 0 Å². The molecular weight excluding hydrogens is 508 g/mol. The van der Waals surface area contributed by atoms with E-state index in [0.717, 1.165) is 44.2 Å². The minimum absolute atomic E-state index is 0.0698. The number of esters is 1. The van der Waals surface area contributed by atoms with Crippen LogP contribution in [0.2, 0.25) is 5.02 Å². The summed E-state index contributed by atoms with van der Waals surface area (Å²) in [5, 5.41) is 13.1. The molecule has 2 heterocycles. The van der Waals surface area contributed by atoms with Crippen LogP contribution in [0.1, 0.15) is 54.9 Å². The highest BCUT2D eigenvalue weighted by Gasteiger charge is 2.29. The van der Waals surface area contributed by atoms with Crippen molar-refractivity contribution in [1.82, 2.24) is 9.55 Å². The molecule has 0 spiro atoms. The molecule has 1 fully saturated rings. The molecular formula is C26H26ClF2N3O5. The maximum absolute atomic E-state index is 14.3. The van der Waals surface area contributed by atoms with Crippen molar-refractivity contribution in [2.45, 2.75) is 44.6 Å². The Hall–Kier alpha value is -3.66. The number of carbonyl (C=O) groups excluding carboxylic acids is 2. The van der Waals surface area contributed by atoms with Gasteiger partial charge in [-0.2, -0.15) is 0 Å². The number of rotatable bonds is 8. The third-order valence-electron chi connectivity index (χ3n) is 6.38. The molecule has 1 saturated carbocycles. The van der Waals surface area contributed by atoms with Crippen LogP contribution < -0.4 is 10.1 Å². The Balaban J connectivity index is 1.59. The first-order valence-electron chi connectivity index (χ1n) is 11.8. The standard InChI is InChI=1S/C26H26ClF2N3O5/c1-36-26(35)16-7-10-21(30-13-16)31-25(34)20(11-15-5-3-2-4-6-15)32-14-17(12-22(32)33)37-24-19(28)9-8-18(27)23(24)29/h7-10,12-15,20,33H,2-6,11H2,1H3,(H,30,31,34)/t20-/m0/s1. The quantitative estimate of drug-likeness (QED) is 0.262. The molecule has 1 aliphatic carbocycles. The Morgan fingerprint density at radius 3 is 2.65 bits per heavy atom. The van der Waals surface area contributed by atoms with Gasteiger partial charge in [0.15, 0.2) is 23.3 Å². The van der Waals surface area contributed by atoms with Crippen molar-refractivity contribution >= 4 is 29.3 Å². The Labute approximate surface area is 217 Å². The lowest BCUT2D eigenvalue weighted by atomic mass is 9.84. The van der Waals surface area contributed by atoms with E-state index in [2.05, 4.69) is 15.0 Å². The zero-order chi connectivity index (χ0) is 26.5. The molecule has 4 rings (SSSR count). The molecule has 0 unspecified atom stereocenters. The van der Waals surface area contributed by atoms with Crippen LogP contribution in [0.15, 0.2) is 42.7 Å².